The Labute approximate surface area is 128 Å². The molecule has 2 aromatic carbocycles. The van der Waals surface area contributed by atoms with Crippen molar-refractivity contribution < 1.29 is 9.18 Å². The number of rotatable bonds is 3. The fraction of sp³-hybridized carbons (Fsp3) is 0.167. The smallest absolute Gasteiger partial charge is 0.268 e. The molecule has 0 radical (unpaired) electrons. The summed E-state index contributed by atoms with van der Waals surface area (Å²) < 4.78 is 13.2. The van der Waals surface area contributed by atoms with Gasteiger partial charge in [-0.1, -0.05) is 23.8 Å². The Kier molecular flexibility index (Phi) is 3.67. The summed E-state index contributed by atoms with van der Waals surface area (Å²) in [6.07, 6.45) is 0. The molecule has 0 aliphatic heterocycles. The van der Waals surface area contributed by atoms with Crippen molar-refractivity contribution in [1.82, 2.24) is 10.3 Å². The van der Waals surface area contributed by atoms with Gasteiger partial charge in [0.2, 0.25) is 0 Å². The molecule has 0 aliphatic rings. The molecule has 0 saturated heterocycles. The first-order valence-corrected chi connectivity index (χ1v) is 7.18. The normalized spacial score (nSPS) is 12.3. The minimum atomic E-state index is -0.306. The van der Waals surface area contributed by atoms with Gasteiger partial charge in [0.1, 0.15) is 11.5 Å². The summed E-state index contributed by atoms with van der Waals surface area (Å²) in [4.78, 5) is 15.4. The van der Waals surface area contributed by atoms with Crippen LogP contribution in [0.15, 0.2) is 48.5 Å². The minimum Gasteiger partial charge on any atom is -0.351 e. The average Bonchev–Trinajstić information content (AvgIpc) is 2.90. The zero-order chi connectivity index (χ0) is 15.7. The molecule has 0 fully saturated rings. The van der Waals surface area contributed by atoms with E-state index in [1.165, 1.54) is 12.1 Å². The number of benzene rings is 2. The molecule has 1 unspecified atom stereocenters. The van der Waals surface area contributed by atoms with Gasteiger partial charge in [0, 0.05) is 10.9 Å². The molecule has 4 heteroatoms. The van der Waals surface area contributed by atoms with Gasteiger partial charge in [-0.05, 0) is 49.7 Å². The van der Waals surface area contributed by atoms with E-state index in [0.29, 0.717) is 5.69 Å². The summed E-state index contributed by atoms with van der Waals surface area (Å²) >= 11 is 0. The van der Waals surface area contributed by atoms with Crippen LogP contribution in [0.4, 0.5) is 4.39 Å². The van der Waals surface area contributed by atoms with Crippen LogP contribution in [0.2, 0.25) is 0 Å². The maximum Gasteiger partial charge on any atom is 0.268 e. The molecule has 112 valence electrons. The second-order valence-corrected chi connectivity index (χ2v) is 5.52. The number of aryl methyl sites for hydroxylation is 1. The van der Waals surface area contributed by atoms with Gasteiger partial charge in [0.15, 0.2) is 0 Å². The number of fused-ring (bicyclic) bond motifs is 1. The molecule has 2 N–H and O–H groups in total. The number of halogens is 1. The van der Waals surface area contributed by atoms with E-state index in [4.69, 9.17) is 0 Å². The highest BCUT2D eigenvalue weighted by atomic mass is 19.1. The summed E-state index contributed by atoms with van der Waals surface area (Å²) in [6.45, 7) is 3.84. The van der Waals surface area contributed by atoms with E-state index >= 15 is 0 Å². The van der Waals surface area contributed by atoms with Crippen LogP contribution in [0.1, 0.15) is 34.6 Å². The van der Waals surface area contributed by atoms with Gasteiger partial charge in [0.05, 0.1) is 6.04 Å². The van der Waals surface area contributed by atoms with Crippen LogP contribution >= 0.6 is 0 Å². The fourth-order valence-electron chi connectivity index (χ4n) is 2.51. The molecule has 22 heavy (non-hydrogen) atoms. The van der Waals surface area contributed by atoms with Crippen LogP contribution in [-0.4, -0.2) is 10.9 Å². The largest absolute Gasteiger partial charge is 0.351 e. The number of amides is 1. The lowest BCUT2D eigenvalue weighted by atomic mass is 10.1. The van der Waals surface area contributed by atoms with Crippen LogP contribution in [0.5, 0.6) is 0 Å². The van der Waals surface area contributed by atoms with Gasteiger partial charge in [0.25, 0.3) is 5.91 Å². The molecule has 0 bridgehead atoms. The predicted octanol–water partition coefficient (Wildman–Crippen LogP) is 4.11. The quantitative estimate of drug-likeness (QED) is 0.750. The van der Waals surface area contributed by atoms with E-state index < -0.39 is 0 Å². The number of aromatic amines is 1. The first-order valence-electron chi connectivity index (χ1n) is 7.18. The van der Waals surface area contributed by atoms with Crippen molar-refractivity contribution in [2.75, 3.05) is 0 Å². The summed E-state index contributed by atoms with van der Waals surface area (Å²) in [5.41, 5.74) is 3.31. The lowest BCUT2D eigenvalue weighted by molar-refractivity contribution is 0.0935. The Morgan fingerprint density at radius 1 is 1.18 bits per heavy atom. The molecule has 1 amide bonds. The Balaban J connectivity index is 1.80. The van der Waals surface area contributed by atoms with Crippen molar-refractivity contribution in [2.45, 2.75) is 19.9 Å². The number of hydrogen-bond donors (Lipinski definition) is 2. The predicted molar refractivity (Wildman–Crippen MR) is 85.3 cm³/mol. The summed E-state index contributed by atoms with van der Waals surface area (Å²) in [7, 11) is 0. The minimum absolute atomic E-state index is 0.203. The van der Waals surface area contributed by atoms with Gasteiger partial charge < -0.3 is 10.3 Å². The van der Waals surface area contributed by atoms with Gasteiger partial charge >= 0.3 is 0 Å². The third-order valence-corrected chi connectivity index (χ3v) is 3.72. The molecule has 0 spiro atoms. The van der Waals surface area contributed by atoms with E-state index in [-0.39, 0.29) is 17.8 Å². The number of hydrogen-bond acceptors (Lipinski definition) is 1. The number of nitrogens with one attached hydrogen (secondary N) is 2. The fourth-order valence-corrected chi connectivity index (χ4v) is 2.51. The summed E-state index contributed by atoms with van der Waals surface area (Å²) in [5.74, 6) is -0.509. The van der Waals surface area contributed by atoms with Gasteiger partial charge in [-0.3, -0.25) is 4.79 Å². The van der Waals surface area contributed by atoms with Crippen LogP contribution in [-0.2, 0) is 0 Å². The number of carbonyl (C=O) groups excluding carboxylic acids is 1. The van der Waals surface area contributed by atoms with Crippen molar-refractivity contribution in [3.05, 3.63) is 71.2 Å². The van der Waals surface area contributed by atoms with Crippen molar-refractivity contribution in [3.63, 3.8) is 0 Å². The van der Waals surface area contributed by atoms with Crippen LogP contribution in [0.25, 0.3) is 10.9 Å². The molecular formula is C18H17FN2O. The van der Waals surface area contributed by atoms with E-state index in [2.05, 4.69) is 10.3 Å². The molecule has 0 saturated carbocycles. The van der Waals surface area contributed by atoms with Gasteiger partial charge in [-0.2, -0.15) is 0 Å². The topological polar surface area (TPSA) is 44.9 Å². The zero-order valence-electron chi connectivity index (χ0n) is 12.5. The molecule has 3 rings (SSSR count). The Morgan fingerprint density at radius 2 is 2.00 bits per heavy atom. The monoisotopic (exact) mass is 296 g/mol. The number of carbonyl (C=O) groups is 1. The van der Waals surface area contributed by atoms with Crippen molar-refractivity contribution >= 4 is 16.8 Å². The second kappa shape index (κ2) is 5.64. The highest BCUT2D eigenvalue weighted by Gasteiger charge is 2.14. The summed E-state index contributed by atoms with van der Waals surface area (Å²) in [5, 5.41) is 3.88. The van der Waals surface area contributed by atoms with Gasteiger partial charge in [-0.25, -0.2) is 4.39 Å². The first-order chi connectivity index (χ1) is 10.5. The first kappa shape index (κ1) is 14.3. The zero-order valence-corrected chi connectivity index (χ0v) is 12.5. The Bertz CT molecular complexity index is 838. The highest BCUT2D eigenvalue weighted by molar-refractivity contribution is 5.98. The van der Waals surface area contributed by atoms with Crippen LogP contribution in [0, 0.1) is 12.7 Å². The molecule has 1 atom stereocenters. The van der Waals surface area contributed by atoms with E-state index in [1.807, 2.05) is 38.1 Å². The maximum atomic E-state index is 13.2. The molecular weight excluding hydrogens is 279 g/mol. The summed E-state index contributed by atoms with van der Waals surface area (Å²) in [6, 6.07) is 13.8. The van der Waals surface area contributed by atoms with E-state index in [0.717, 1.165) is 22.0 Å². The van der Waals surface area contributed by atoms with Gasteiger partial charge in [-0.15, -0.1) is 0 Å². The molecule has 0 aliphatic carbocycles. The molecule has 1 aromatic heterocycles. The van der Waals surface area contributed by atoms with E-state index in [1.54, 1.807) is 12.1 Å². The van der Waals surface area contributed by atoms with E-state index in [9.17, 15) is 9.18 Å². The third-order valence-electron chi connectivity index (χ3n) is 3.72. The van der Waals surface area contributed by atoms with Crippen molar-refractivity contribution in [1.29, 1.82) is 0 Å². The molecule has 3 nitrogen and oxygen atoms in total. The van der Waals surface area contributed by atoms with Crippen LogP contribution < -0.4 is 5.32 Å². The lowest BCUT2D eigenvalue weighted by Crippen LogP contribution is -2.26. The Hall–Kier alpha value is -2.62. The average molecular weight is 296 g/mol. The third kappa shape index (κ3) is 2.86. The van der Waals surface area contributed by atoms with Crippen molar-refractivity contribution in [2.24, 2.45) is 0 Å². The Morgan fingerprint density at radius 3 is 2.77 bits per heavy atom. The maximum absolute atomic E-state index is 13.2. The molecule has 1 heterocycles. The SMILES string of the molecule is Cc1ccc2[nH]c(C(=O)NC(C)c3cccc(F)c3)cc2c1. The number of H-pyrrole nitrogens is 1. The van der Waals surface area contributed by atoms with Crippen LogP contribution in [0.3, 0.4) is 0 Å². The highest BCUT2D eigenvalue weighted by Crippen LogP contribution is 2.18. The second-order valence-electron chi connectivity index (χ2n) is 5.52. The number of aromatic nitrogens is 1. The van der Waals surface area contributed by atoms with Crippen molar-refractivity contribution in [3.8, 4) is 0 Å². The standard InChI is InChI=1S/C18H17FN2O/c1-11-6-7-16-14(8-11)10-17(21-16)18(22)20-12(2)13-4-3-5-15(19)9-13/h3-10,12,21H,1-2H3,(H,20,22). The lowest BCUT2D eigenvalue weighted by Gasteiger charge is -2.13. The molecule has 3 aromatic rings.